The number of halogens is 2. The third-order valence-corrected chi connectivity index (χ3v) is 8.24. The second kappa shape index (κ2) is 7.43. The number of fused-ring (bicyclic) bond motifs is 2. The lowest BCUT2D eigenvalue weighted by atomic mass is 9.87. The van der Waals surface area contributed by atoms with E-state index in [1.807, 2.05) is 0 Å². The van der Waals surface area contributed by atoms with E-state index in [0.717, 1.165) is 18.9 Å². The van der Waals surface area contributed by atoms with Crippen molar-refractivity contribution in [1.29, 1.82) is 0 Å². The van der Waals surface area contributed by atoms with Crippen LogP contribution in [-0.4, -0.2) is 34.9 Å². The monoisotopic (exact) mass is 477 g/mol. The van der Waals surface area contributed by atoms with E-state index in [9.17, 15) is 17.6 Å². The summed E-state index contributed by atoms with van der Waals surface area (Å²) in [6.45, 7) is 2.22. The standard InChI is InChI=1S/C21H21ClFN5O3S/c1-11-15(5-6-16-18(11)21(29)27(2)10-24-16)25-20-14(23)3-4-17(19(20)22)26-32(30,31)28-9-12-7-13(28)8-12/h3-6,10,12-13,25-26H,7-9H2,1-2H3. The van der Waals surface area contributed by atoms with Crippen LogP contribution in [0.1, 0.15) is 18.4 Å². The van der Waals surface area contributed by atoms with E-state index >= 15 is 0 Å². The maximum absolute atomic E-state index is 14.7. The van der Waals surface area contributed by atoms with Gasteiger partial charge < -0.3 is 9.88 Å². The van der Waals surface area contributed by atoms with Crippen molar-refractivity contribution in [2.45, 2.75) is 25.8 Å². The van der Waals surface area contributed by atoms with Crippen LogP contribution in [0.3, 0.4) is 0 Å². The van der Waals surface area contributed by atoms with Gasteiger partial charge in [0.15, 0.2) is 0 Å². The van der Waals surface area contributed by atoms with Gasteiger partial charge in [0, 0.05) is 25.3 Å². The predicted molar refractivity (Wildman–Crippen MR) is 122 cm³/mol. The zero-order valence-electron chi connectivity index (χ0n) is 17.4. The maximum atomic E-state index is 14.7. The topological polar surface area (TPSA) is 96.3 Å². The first kappa shape index (κ1) is 21.2. The highest BCUT2D eigenvalue weighted by Crippen LogP contribution is 2.43. The molecule has 0 atom stereocenters. The summed E-state index contributed by atoms with van der Waals surface area (Å²) < 4.78 is 45.6. The molecule has 3 aliphatic rings. The smallest absolute Gasteiger partial charge is 0.301 e. The molecule has 1 aliphatic carbocycles. The van der Waals surface area contributed by atoms with Crippen LogP contribution in [0.2, 0.25) is 5.02 Å². The molecule has 0 radical (unpaired) electrons. The van der Waals surface area contributed by atoms with Crippen LogP contribution in [0.5, 0.6) is 0 Å². The first-order valence-corrected chi connectivity index (χ1v) is 12.0. The predicted octanol–water partition coefficient (Wildman–Crippen LogP) is 3.53. The van der Waals surface area contributed by atoms with Crippen molar-refractivity contribution in [2.75, 3.05) is 16.6 Å². The van der Waals surface area contributed by atoms with E-state index in [4.69, 9.17) is 11.6 Å². The van der Waals surface area contributed by atoms with Gasteiger partial charge in [-0.2, -0.15) is 12.7 Å². The van der Waals surface area contributed by atoms with Gasteiger partial charge in [0.1, 0.15) is 5.82 Å². The molecule has 3 heterocycles. The minimum absolute atomic E-state index is 0.0193. The highest BCUT2D eigenvalue weighted by Gasteiger charge is 2.48. The fourth-order valence-corrected chi connectivity index (χ4v) is 6.29. The quantitative estimate of drug-likeness (QED) is 0.586. The molecule has 32 heavy (non-hydrogen) atoms. The third-order valence-electron chi connectivity index (χ3n) is 6.30. The Morgan fingerprint density at radius 2 is 1.91 bits per heavy atom. The first-order chi connectivity index (χ1) is 15.2. The summed E-state index contributed by atoms with van der Waals surface area (Å²) in [5, 5.41) is 3.23. The molecular formula is C21H21ClFN5O3S. The van der Waals surface area contributed by atoms with Crippen molar-refractivity contribution in [2.24, 2.45) is 13.0 Å². The van der Waals surface area contributed by atoms with Gasteiger partial charge in [-0.05, 0) is 55.5 Å². The molecule has 2 aliphatic heterocycles. The molecule has 2 aromatic carbocycles. The number of nitrogens with zero attached hydrogens (tertiary/aromatic N) is 3. The molecule has 1 aromatic heterocycles. The number of aryl methyl sites for hydroxylation is 2. The number of anilines is 3. The SMILES string of the molecule is Cc1c(Nc2c(F)ccc(NS(=O)(=O)N3CC4CC3C4)c2Cl)ccc2ncn(C)c(=O)c12. The van der Waals surface area contributed by atoms with Crippen molar-refractivity contribution >= 4 is 49.8 Å². The van der Waals surface area contributed by atoms with E-state index in [-0.39, 0.29) is 28.0 Å². The lowest BCUT2D eigenvalue weighted by Crippen LogP contribution is -2.38. The van der Waals surface area contributed by atoms with Crippen LogP contribution in [0, 0.1) is 18.7 Å². The zero-order chi connectivity index (χ0) is 22.8. The second-order valence-corrected chi connectivity index (χ2v) is 10.4. The van der Waals surface area contributed by atoms with Gasteiger partial charge in [-0.1, -0.05) is 11.6 Å². The average molecular weight is 478 g/mol. The number of benzene rings is 2. The summed E-state index contributed by atoms with van der Waals surface area (Å²) in [6.07, 6.45) is 3.19. The number of nitrogens with one attached hydrogen (secondary N) is 2. The Morgan fingerprint density at radius 1 is 1.19 bits per heavy atom. The van der Waals surface area contributed by atoms with Crippen LogP contribution in [0.15, 0.2) is 35.4 Å². The van der Waals surface area contributed by atoms with Crippen LogP contribution < -0.4 is 15.6 Å². The van der Waals surface area contributed by atoms with E-state index < -0.39 is 16.0 Å². The largest absolute Gasteiger partial charge is 0.352 e. The van der Waals surface area contributed by atoms with Crippen molar-refractivity contribution in [3.05, 3.63) is 57.3 Å². The first-order valence-electron chi connectivity index (χ1n) is 10.1. The lowest BCUT2D eigenvalue weighted by molar-refractivity contribution is 0.327. The number of aromatic nitrogens is 2. The van der Waals surface area contributed by atoms with Crippen molar-refractivity contribution < 1.29 is 12.8 Å². The second-order valence-electron chi connectivity index (χ2n) is 8.37. The molecule has 2 bridgehead atoms. The molecule has 0 spiro atoms. The molecule has 8 nitrogen and oxygen atoms in total. The zero-order valence-corrected chi connectivity index (χ0v) is 19.0. The van der Waals surface area contributed by atoms with E-state index in [2.05, 4.69) is 15.0 Å². The van der Waals surface area contributed by atoms with Crippen molar-refractivity contribution in [3.8, 4) is 0 Å². The van der Waals surface area contributed by atoms with E-state index in [1.165, 1.54) is 21.3 Å². The summed E-state index contributed by atoms with van der Waals surface area (Å²) in [5.41, 5.74) is 1.33. The number of hydrogen-bond acceptors (Lipinski definition) is 5. The van der Waals surface area contributed by atoms with Crippen molar-refractivity contribution in [1.82, 2.24) is 13.9 Å². The molecule has 168 valence electrons. The van der Waals surface area contributed by atoms with Crippen LogP contribution in [-0.2, 0) is 17.3 Å². The summed E-state index contributed by atoms with van der Waals surface area (Å²) in [6, 6.07) is 5.80. The van der Waals surface area contributed by atoms with E-state index in [1.54, 1.807) is 26.1 Å². The van der Waals surface area contributed by atoms with Gasteiger partial charge in [-0.15, -0.1) is 0 Å². The Labute approximate surface area is 189 Å². The number of hydrogen-bond donors (Lipinski definition) is 2. The Kier molecular flexibility index (Phi) is 4.92. The normalized spacial score (nSPS) is 20.4. The summed E-state index contributed by atoms with van der Waals surface area (Å²) >= 11 is 6.42. The third kappa shape index (κ3) is 3.33. The molecular weight excluding hydrogens is 457 g/mol. The molecule has 1 saturated carbocycles. The molecule has 2 saturated heterocycles. The minimum Gasteiger partial charge on any atom is -0.352 e. The minimum atomic E-state index is -3.80. The maximum Gasteiger partial charge on any atom is 0.301 e. The molecule has 11 heteroatoms. The Bertz CT molecular complexity index is 1420. The van der Waals surface area contributed by atoms with Gasteiger partial charge in [0.2, 0.25) is 0 Å². The van der Waals surface area contributed by atoms with Gasteiger partial charge >= 0.3 is 10.2 Å². The fraction of sp³-hybridized carbons (Fsp3) is 0.333. The highest BCUT2D eigenvalue weighted by atomic mass is 35.5. The Hall–Kier alpha value is -2.69. The van der Waals surface area contributed by atoms with Gasteiger partial charge in [-0.25, -0.2) is 9.37 Å². The van der Waals surface area contributed by atoms with E-state index in [0.29, 0.717) is 34.6 Å². The highest BCUT2D eigenvalue weighted by molar-refractivity contribution is 7.90. The summed E-state index contributed by atoms with van der Waals surface area (Å²) in [7, 11) is -2.19. The lowest BCUT2D eigenvalue weighted by Gasteiger charge is -2.26. The Morgan fingerprint density at radius 3 is 2.59 bits per heavy atom. The molecule has 3 fully saturated rings. The molecule has 6 rings (SSSR count). The number of rotatable bonds is 5. The van der Waals surface area contributed by atoms with Crippen molar-refractivity contribution in [3.63, 3.8) is 0 Å². The van der Waals surface area contributed by atoms with Gasteiger partial charge in [-0.3, -0.25) is 9.52 Å². The van der Waals surface area contributed by atoms with Gasteiger partial charge in [0.05, 0.1) is 33.6 Å². The fourth-order valence-electron chi connectivity index (χ4n) is 4.45. The molecule has 2 N–H and O–H groups in total. The summed E-state index contributed by atoms with van der Waals surface area (Å²) in [5.74, 6) is -0.240. The van der Waals surface area contributed by atoms with Gasteiger partial charge in [0.25, 0.3) is 5.56 Å². The van der Waals surface area contributed by atoms with Crippen LogP contribution in [0.25, 0.3) is 10.9 Å². The average Bonchev–Trinajstić information content (AvgIpc) is 3.34. The van der Waals surface area contributed by atoms with Crippen LogP contribution >= 0.6 is 11.6 Å². The molecule has 0 unspecified atom stereocenters. The molecule has 3 aromatic rings. The summed E-state index contributed by atoms with van der Waals surface area (Å²) in [4.78, 5) is 16.8. The van der Waals surface area contributed by atoms with Crippen LogP contribution in [0.4, 0.5) is 21.5 Å². The Balaban J connectivity index is 1.50. The molecule has 0 amide bonds.